The maximum atomic E-state index is 11.6. The quantitative estimate of drug-likeness (QED) is 0.175. The zero-order valence-electron chi connectivity index (χ0n) is 16.0. The van der Waals surface area contributed by atoms with Crippen molar-refractivity contribution >= 4 is 41.0 Å². The summed E-state index contributed by atoms with van der Waals surface area (Å²) in [6, 6.07) is 0. The van der Waals surface area contributed by atoms with Crippen molar-refractivity contribution in [2.24, 2.45) is 0 Å². The van der Waals surface area contributed by atoms with E-state index in [1.165, 1.54) is 6.08 Å². The summed E-state index contributed by atoms with van der Waals surface area (Å²) in [5.74, 6) is -1.22. The lowest BCUT2D eigenvalue weighted by Crippen LogP contribution is -2.07. The summed E-state index contributed by atoms with van der Waals surface area (Å²) in [4.78, 5) is 33.0. The number of esters is 2. The van der Waals surface area contributed by atoms with Gasteiger partial charge in [-0.05, 0) is 32.6 Å². The number of carbonyl (C=O) groups is 3. The Morgan fingerprint density at radius 3 is 1.74 bits per heavy atom. The van der Waals surface area contributed by atoms with Gasteiger partial charge in [-0.15, -0.1) is 0 Å². The molecule has 0 amide bonds. The molecule has 27 heavy (non-hydrogen) atoms. The lowest BCUT2D eigenvalue weighted by atomic mass is 10.1. The topological polar surface area (TPSA) is 89.9 Å². The lowest BCUT2D eigenvalue weighted by molar-refractivity contribution is -0.144. The van der Waals surface area contributed by atoms with Crippen LogP contribution in [0.5, 0.6) is 0 Å². The van der Waals surface area contributed by atoms with Crippen LogP contribution in [-0.2, 0) is 23.9 Å². The van der Waals surface area contributed by atoms with Gasteiger partial charge in [0.15, 0.2) is 0 Å². The fraction of sp³-hybridized carbons (Fsp3) is 0.750. The van der Waals surface area contributed by atoms with Crippen LogP contribution in [0.15, 0.2) is 12.2 Å². The van der Waals surface area contributed by atoms with Crippen molar-refractivity contribution in [3.05, 3.63) is 12.2 Å². The first-order valence-electron chi connectivity index (χ1n) is 9.73. The highest BCUT2D eigenvalue weighted by Crippen LogP contribution is 2.11. The molecule has 7 heteroatoms. The molecule has 0 saturated heterocycles. The molecular formula is C20H36MgO6. The Labute approximate surface area is 179 Å². The van der Waals surface area contributed by atoms with Crippen LogP contribution in [0.4, 0.5) is 0 Å². The maximum Gasteiger partial charge on any atom is 0.330 e. The molecule has 0 aliphatic carbocycles. The van der Waals surface area contributed by atoms with Crippen molar-refractivity contribution in [3.8, 4) is 0 Å². The van der Waals surface area contributed by atoms with Crippen molar-refractivity contribution in [2.75, 3.05) is 13.2 Å². The van der Waals surface area contributed by atoms with E-state index in [1.54, 1.807) is 13.0 Å². The van der Waals surface area contributed by atoms with Gasteiger partial charge >= 0.3 is 41.0 Å². The molecule has 0 radical (unpaired) electrons. The first kappa shape index (κ1) is 28.1. The Kier molecular flexibility index (Phi) is 22.1. The van der Waals surface area contributed by atoms with E-state index < -0.39 is 5.97 Å². The third-order valence-corrected chi connectivity index (χ3v) is 3.87. The average molecular weight is 397 g/mol. The van der Waals surface area contributed by atoms with E-state index in [-0.39, 0.29) is 41.4 Å². The minimum absolute atomic E-state index is 0. The molecule has 0 fully saturated rings. The van der Waals surface area contributed by atoms with E-state index in [0.717, 1.165) is 51.4 Å². The number of allylic oxidation sites excluding steroid dienone is 1. The van der Waals surface area contributed by atoms with Crippen LogP contribution >= 0.6 is 0 Å². The molecule has 0 bridgehead atoms. The van der Waals surface area contributed by atoms with Crippen LogP contribution in [0.3, 0.4) is 0 Å². The van der Waals surface area contributed by atoms with E-state index in [4.69, 9.17) is 14.6 Å². The highest BCUT2D eigenvalue weighted by Gasteiger charge is 2.03. The van der Waals surface area contributed by atoms with Gasteiger partial charge in [-0.1, -0.05) is 44.6 Å². The van der Waals surface area contributed by atoms with Gasteiger partial charge in [0.05, 0.1) is 13.2 Å². The van der Waals surface area contributed by atoms with Gasteiger partial charge in [0.1, 0.15) is 0 Å². The van der Waals surface area contributed by atoms with Crippen LogP contribution < -0.4 is 0 Å². The minimum Gasteiger partial charge on any atom is -0.481 e. The number of aliphatic carboxylic acids is 1. The Bertz CT molecular complexity index is 423. The molecule has 0 heterocycles. The lowest BCUT2D eigenvalue weighted by Gasteiger charge is -2.05. The monoisotopic (exact) mass is 396 g/mol. The smallest absolute Gasteiger partial charge is 0.330 e. The summed E-state index contributed by atoms with van der Waals surface area (Å²) < 4.78 is 10.1. The van der Waals surface area contributed by atoms with Crippen molar-refractivity contribution in [1.29, 1.82) is 0 Å². The molecule has 0 unspecified atom stereocenters. The third-order valence-electron chi connectivity index (χ3n) is 3.87. The van der Waals surface area contributed by atoms with Crippen LogP contribution in [-0.4, -0.2) is 59.3 Å². The summed E-state index contributed by atoms with van der Waals surface area (Å²) in [7, 11) is 0. The second kappa shape index (κ2) is 21.2. The summed E-state index contributed by atoms with van der Waals surface area (Å²) in [6.07, 6.45) is 13.2. The van der Waals surface area contributed by atoms with Crippen molar-refractivity contribution in [2.45, 2.75) is 84.0 Å². The molecule has 0 rings (SSSR count). The molecule has 0 saturated carbocycles. The van der Waals surface area contributed by atoms with E-state index >= 15 is 0 Å². The SMILES string of the molecule is CC=CC(=O)OCCCCOC(=O)CCCCCCCCCCC(=O)O.[MgH2]. The van der Waals surface area contributed by atoms with Crippen molar-refractivity contribution in [3.63, 3.8) is 0 Å². The highest BCUT2D eigenvalue weighted by atomic mass is 24.3. The van der Waals surface area contributed by atoms with E-state index in [1.807, 2.05) is 0 Å². The zero-order valence-corrected chi connectivity index (χ0v) is 16.0. The number of hydrogen-bond donors (Lipinski definition) is 1. The van der Waals surface area contributed by atoms with Gasteiger partial charge in [0.25, 0.3) is 0 Å². The van der Waals surface area contributed by atoms with Gasteiger partial charge in [0.2, 0.25) is 0 Å². The number of carboxylic acid groups (broad SMARTS) is 1. The number of ether oxygens (including phenoxy) is 2. The number of rotatable bonds is 17. The molecule has 0 aliphatic heterocycles. The van der Waals surface area contributed by atoms with E-state index in [9.17, 15) is 14.4 Å². The fourth-order valence-corrected chi connectivity index (χ4v) is 2.43. The maximum absolute atomic E-state index is 11.6. The molecule has 0 aromatic carbocycles. The van der Waals surface area contributed by atoms with Crippen LogP contribution in [0, 0.1) is 0 Å². The van der Waals surface area contributed by atoms with Crippen molar-refractivity contribution < 1.29 is 29.0 Å². The Hall–Kier alpha value is -1.08. The predicted molar refractivity (Wildman–Crippen MR) is 108 cm³/mol. The Morgan fingerprint density at radius 1 is 0.741 bits per heavy atom. The average Bonchev–Trinajstić information content (AvgIpc) is 2.59. The van der Waals surface area contributed by atoms with E-state index in [2.05, 4.69) is 0 Å². The van der Waals surface area contributed by atoms with Crippen LogP contribution in [0.2, 0.25) is 0 Å². The van der Waals surface area contributed by atoms with Crippen LogP contribution in [0.25, 0.3) is 0 Å². The normalized spacial score (nSPS) is 10.4. The number of carboxylic acids is 1. The highest BCUT2D eigenvalue weighted by molar-refractivity contribution is 5.81. The molecular weight excluding hydrogens is 361 g/mol. The van der Waals surface area contributed by atoms with Gasteiger partial charge in [-0.3, -0.25) is 9.59 Å². The first-order chi connectivity index (χ1) is 12.6. The standard InChI is InChI=1S/C20H34O6.Mg.2H/c1-2-13-19(23)25-16-11-12-17-26-20(24)15-10-8-6-4-3-5-7-9-14-18(21)22;;;/h2,13H,3-12,14-17H2,1H3,(H,21,22);;;. The molecule has 0 aromatic rings. The number of carbonyl (C=O) groups excluding carboxylic acids is 2. The Balaban J connectivity index is 0. The zero-order chi connectivity index (χ0) is 19.5. The second-order valence-corrected chi connectivity index (χ2v) is 6.32. The molecule has 0 aliphatic rings. The first-order valence-corrected chi connectivity index (χ1v) is 9.73. The third kappa shape index (κ3) is 22.9. The summed E-state index contributed by atoms with van der Waals surface area (Å²) >= 11 is 0. The predicted octanol–water partition coefficient (Wildman–Crippen LogP) is 3.50. The molecule has 6 nitrogen and oxygen atoms in total. The summed E-state index contributed by atoms with van der Waals surface area (Å²) in [5, 5.41) is 8.53. The molecule has 0 aromatic heterocycles. The van der Waals surface area contributed by atoms with Crippen LogP contribution in [0.1, 0.15) is 84.0 Å². The van der Waals surface area contributed by atoms with Crippen molar-refractivity contribution in [1.82, 2.24) is 0 Å². The molecule has 154 valence electrons. The summed E-state index contributed by atoms with van der Waals surface area (Å²) in [6.45, 7) is 2.47. The van der Waals surface area contributed by atoms with Gasteiger partial charge < -0.3 is 14.6 Å². The van der Waals surface area contributed by atoms with Gasteiger partial charge in [-0.2, -0.15) is 0 Å². The minimum atomic E-state index is -0.718. The van der Waals surface area contributed by atoms with Gasteiger partial charge in [0, 0.05) is 18.9 Å². The van der Waals surface area contributed by atoms with Gasteiger partial charge in [-0.25, -0.2) is 4.79 Å². The number of unbranched alkanes of at least 4 members (excludes halogenated alkanes) is 8. The second-order valence-electron chi connectivity index (χ2n) is 6.32. The largest absolute Gasteiger partial charge is 0.481 e. The summed E-state index contributed by atoms with van der Waals surface area (Å²) in [5.41, 5.74) is 0. The number of hydrogen-bond acceptors (Lipinski definition) is 5. The van der Waals surface area contributed by atoms with E-state index in [0.29, 0.717) is 32.5 Å². The molecule has 0 atom stereocenters. The fourth-order valence-electron chi connectivity index (χ4n) is 2.43. The molecule has 1 N–H and O–H groups in total. The Morgan fingerprint density at radius 2 is 1.22 bits per heavy atom. The molecule has 0 spiro atoms.